The van der Waals surface area contributed by atoms with Crippen molar-refractivity contribution in [2.24, 2.45) is 0 Å². The van der Waals surface area contributed by atoms with Crippen LogP contribution < -0.4 is 5.73 Å². The lowest BCUT2D eigenvalue weighted by Gasteiger charge is -2.04. The van der Waals surface area contributed by atoms with Crippen molar-refractivity contribution in [1.29, 1.82) is 5.26 Å². The van der Waals surface area contributed by atoms with Crippen molar-refractivity contribution >= 4 is 21.7 Å². The van der Waals surface area contributed by atoms with Crippen LogP contribution in [0.2, 0.25) is 0 Å². The molecule has 0 unspecified atom stereocenters. The first-order valence-electron chi connectivity index (χ1n) is 6.51. The van der Waals surface area contributed by atoms with Crippen LogP contribution in [0.15, 0.2) is 46.9 Å². The van der Waals surface area contributed by atoms with Gasteiger partial charge in [0.05, 0.1) is 5.69 Å². The summed E-state index contributed by atoms with van der Waals surface area (Å²) in [6, 6.07) is 12.5. The molecular formula is C16H9BrF2N4. The number of benzene rings is 2. The number of nitrogens with zero attached hydrogens (tertiary/aromatic N) is 3. The molecule has 0 spiro atoms. The summed E-state index contributed by atoms with van der Waals surface area (Å²) < 4.78 is 28.6. The molecule has 1 aromatic heterocycles. The average Bonchev–Trinajstić information content (AvgIpc) is 2.87. The third-order valence-corrected chi connectivity index (χ3v) is 3.83. The van der Waals surface area contributed by atoms with Crippen molar-refractivity contribution in [3.05, 3.63) is 64.1 Å². The Bertz CT molecular complexity index is 926. The van der Waals surface area contributed by atoms with E-state index in [1.165, 1.54) is 10.7 Å². The molecule has 0 amide bonds. The van der Waals surface area contributed by atoms with Gasteiger partial charge in [-0.15, -0.1) is 0 Å². The lowest BCUT2D eigenvalue weighted by Crippen LogP contribution is -2.03. The van der Waals surface area contributed by atoms with E-state index in [0.717, 1.165) is 16.6 Å². The monoisotopic (exact) mass is 374 g/mol. The maximum absolute atomic E-state index is 13.4. The fourth-order valence-corrected chi connectivity index (χ4v) is 2.43. The zero-order valence-electron chi connectivity index (χ0n) is 11.6. The summed E-state index contributed by atoms with van der Waals surface area (Å²) in [5.74, 6) is -1.91. The quantitative estimate of drug-likeness (QED) is 0.735. The van der Waals surface area contributed by atoms with Gasteiger partial charge in [0.2, 0.25) is 0 Å². The third-order valence-electron chi connectivity index (χ3n) is 3.30. The highest BCUT2D eigenvalue weighted by molar-refractivity contribution is 9.10. The van der Waals surface area contributed by atoms with Crippen LogP contribution >= 0.6 is 15.9 Å². The van der Waals surface area contributed by atoms with Gasteiger partial charge in [0.1, 0.15) is 23.1 Å². The first-order chi connectivity index (χ1) is 11.0. The number of nitrogens with two attached hydrogens (primary N) is 1. The molecule has 0 aliphatic heterocycles. The van der Waals surface area contributed by atoms with Crippen molar-refractivity contribution in [2.45, 2.75) is 0 Å². The molecule has 0 atom stereocenters. The van der Waals surface area contributed by atoms with Gasteiger partial charge in [-0.3, -0.25) is 0 Å². The first kappa shape index (κ1) is 15.2. The summed E-state index contributed by atoms with van der Waals surface area (Å²) in [6.07, 6.45) is 0. The van der Waals surface area contributed by atoms with Crippen LogP contribution in [-0.4, -0.2) is 9.78 Å². The van der Waals surface area contributed by atoms with Crippen molar-refractivity contribution in [3.63, 3.8) is 0 Å². The number of hydrogen-bond acceptors (Lipinski definition) is 3. The summed E-state index contributed by atoms with van der Waals surface area (Å²) in [4.78, 5) is 0. The number of rotatable bonds is 2. The largest absolute Gasteiger partial charge is 0.382 e. The highest BCUT2D eigenvalue weighted by Crippen LogP contribution is 2.29. The molecule has 3 rings (SSSR count). The van der Waals surface area contributed by atoms with Crippen molar-refractivity contribution < 1.29 is 8.78 Å². The Morgan fingerprint density at radius 3 is 2.39 bits per heavy atom. The molecule has 23 heavy (non-hydrogen) atoms. The molecular weight excluding hydrogens is 366 g/mol. The zero-order valence-corrected chi connectivity index (χ0v) is 13.2. The van der Waals surface area contributed by atoms with E-state index in [0.29, 0.717) is 11.3 Å². The van der Waals surface area contributed by atoms with Gasteiger partial charge < -0.3 is 5.73 Å². The maximum atomic E-state index is 13.4. The Morgan fingerprint density at radius 2 is 1.78 bits per heavy atom. The van der Waals surface area contributed by atoms with Crippen LogP contribution in [-0.2, 0) is 0 Å². The summed E-state index contributed by atoms with van der Waals surface area (Å²) in [7, 11) is 0. The molecule has 0 fully saturated rings. The van der Waals surface area contributed by atoms with E-state index in [2.05, 4.69) is 21.0 Å². The van der Waals surface area contributed by atoms with Gasteiger partial charge in [0, 0.05) is 16.1 Å². The van der Waals surface area contributed by atoms with Crippen LogP contribution in [0.4, 0.5) is 14.6 Å². The van der Waals surface area contributed by atoms with Gasteiger partial charge >= 0.3 is 0 Å². The second-order valence-electron chi connectivity index (χ2n) is 4.74. The first-order valence-corrected chi connectivity index (χ1v) is 7.30. The molecule has 4 nitrogen and oxygen atoms in total. The fourth-order valence-electron chi connectivity index (χ4n) is 2.16. The average molecular weight is 375 g/mol. The van der Waals surface area contributed by atoms with Gasteiger partial charge in [-0.2, -0.15) is 10.4 Å². The van der Waals surface area contributed by atoms with E-state index >= 15 is 0 Å². The van der Waals surface area contributed by atoms with Crippen LogP contribution in [0.5, 0.6) is 0 Å². The van der Waals surface area contributed by atoms with Crippen molar-refractivity contribution in [3.8, 4) is 23.0 Å². The molecule has 0 saturated heterocycles. The lowest BCUT2D eigenvalue weighted by atomic mass is 10.1. The fraction of sp³-hybridized carbons (Fsp3) is 0. The number of nitriles is 1. The van der Waals surface area contributed by atoms with Gasteiger partial charge in [0.15, 0.2) is 11.6 Å². The van der Waals surface area contributed by atoms with E-state index in [9.17, 15) is 14.0 Å². The van der Waals surface area contributed by atoms with Gasteiger partial charge in [-0.05, 0) is 24.3 Å². The van der Waals surface area contributed by atoms with E-state index < -0.39 is 11.6 Å². The standard InChI is InChI=1S/C16H9BrF2N4/c17-10-3-1-9(2-4-10)15-12(8-20)16(21)23(22-15)11-5-6-13(18)14(19)7-11/h1-7H,21H2. The molecule has 3 aromatic rings. The molecule has 0 bridgehead atoms. The number of hydrogen-bond donors (Lipinski definition) is 1. The predicted octanol–water partition coefficient (Wildman–Crippen LogP) is 4.03. The Labute approximate surface area is 138 Å². The van der Waals surface area contributed by atoms with E-state index in [4.69, 9.17) is 5.73 Å². The summed E-state index contributed by atoms with van der Waals surface area (Å²) in [6.45, 7) is 0. The molecule has 0 aliphatic carbocycles. The summed E-state index contributed by atoms with van der Waals surface area (Å²) in [5.41, 5.74) is 7.44. The Balaban J connectivity index is 2.18. The summed E-state index contributed by atoms with van der Waals surface area (Å²) >= 11 is 3.33. The highest BCUT2D eigenvalue weighted by Gasteiger charge is 2.18. The van der Waals surface area contributed by atoms with Crippen LogP contribution in [0.3, 0.4) is 0 Å². The van der Waals surface area contributed by atoms with Crippen LogP contribution in [0.1, 0.15) is 5.56 Å². The SMILES string of the molecule is N#Cc1c(-c2ccc(Br)cc2)nn(-c2ccc(F)c(F)c2)c1N. The number of aromatic nitrogens is 2. The van der Waals surface area contributed by atoms with Gasteiger partial charge in [-0.25, -0.2) is 13.5 Å². The number of nitrogen functional groups attached to an aromatic ring is 1. The van der Waals surface area contributed by atoms with E-state index in [-0.39, 0.29) is 17.1 Å². The molecule has 114 valence electrons. The normalized spacial score (nSPS) is 10.5. The minimum Gasteiger partial charge on any atom is -0.382 e. The zero-order chi connectivity index (χ0) is 16.6. The highest BCUT2D eigenvalue weighted by atomic mass is 79.9. The third kappa shape index (κ3) is 2.69. The molecule has 2 N–H and O–H groups in total. The molecule has 1 heterocycles. The molecule has 0 radical (unpaired) electrons. The maximum Gasteiger partial charge on any atom is 0.160 e. The lowest BCUT2D eigenvalue weighted by molar-refractivity contribution is 0.507. The molecule has 2 aromatic carbocycles. The predicted molar refractivity (Wildman–Crippen MR) is 85.7 cm³/mol. The topological polar surface area (TPSA) is 67.6 Å². The number of halogens is 3. The van der Waals surface area contributed by atoms with Crippen molar-refractivity contribution in [1.82, 2.24) is 9.78 Å². The van der Waals surface area contributed by atoms with Crippen LogP contribution in [0.25, 0.3) is 16.9 Å². The Hall–Kier alpha value is -2.72. The summed E-state index contributed by atoms with van der Waals surface area (Å²) in [5, 5.41) is 13.6. The minimum absolute atomic E-state index is 0.0661. The molecule has 0 saturated carbocycles. The van der Waals surface area contributed by atoms with Gasteiger partial charge in [-0.1, -0.05) is 28.1 Å². The smallest absolute Gasteiger partial charge is 0.160 e. The van der Waals surface area contributed by atoms with E-state index in [1.807, 2.05) is 18.2 Å². The second kappa shape index (κ2) is 5.82. The second-order valence-corrected chi connectivity index (χ2v) is 5.65. The van der Waals surface area contributed by atoms with Gasteiger partial charge in [0.25, 0.3) is 0 Å². The van der Waals surface area contributed by atoms with Crippen molar-refractivity contribution in [2.75, 3.05) is 5.73 Å². The Morgan fingerprint density at radius 1 is 1.09 bits per heavy atom. The Kier molecular flexibility index (Phi) is 3.84. The van der Waals surface area contributed by atoms with E-state index in [1.54, 1.807) is 12.1 Å². The number of anilines is 1. The van der Waals surface area contributed by atoms with Crippen LogP contribution in [0, 0.1) is 23.0 Å². The molecule has 7 heteroatoms. The molecule has 0 aliphatic rings. The minimum atomic E-state index is -1.01.